The van der Waals surface area contributed by atoms with E-state index in [1.165, 1.54) is 0 Å². The first-order chi connectivity index (χ1) is 8.21. The Bertz CT molecular complexity index is 435. The predicted octanol–water partition coefficient (Wildman–Crippen LogP) is 1.94. The van der Waals surface area contributed by atoms with Crippen molar-refractivity contribution in [2.45, 2.75) is 13.0 Å². The van der Waals surface area contributed by atoms with Crippen LogP contribution in [0.15, 0.2) is 18.2 Å². The van der Waals surface area contributed by atoms with E-state index in [9.17, 15) is 0 Å². The zero-order valence-electron chi connectivity index (χ0n) is 10.2. The Morgan fingerprint density at radius 3 is 3.12 bits per heavy atom. The van der Waals surface area contributed by atoms with E-state index in [0.29, 0.717) is 6.04 Å². The van der Waals surface area contributed by atoms with Gasteiger partial charge in [0.15, 0.2) is 0 Å². The van der Waals surface area contributed by atoms with Crippen molar-refractivity contribution in [3.63, 3.8) is 0 Å². The number of fused-ring (bicyclic) bond motifs is 2. The third-order valence-corrected chi connectivity index (χ3v) is 3.80. The van der Waals surface area contributed by atoms with Gasteiger partial charge < -0.3 is 20.1 Å². The molecule has 0 amide bonds. The summed E-state index contributed by atoms with van der Waals surface area (Å²) in [6.07, 6.45) is 0. The second-order valence-electron chi connectivity index (χ2n) is 5.13. The van der Waals surface area contributed by atoms with Crippen LogP contribution in [0.25, 0.3) is 0 Å². The molecule has 4 nitrogen and oxygen atoms in total. The molecule has 4 heteroatoms. The standard InChI is InChI=1S/C13H18N2O2/c1-13-7-14-11-5-9(16-2)3-4-10(11)15-12(13)6-17-8-13/h3-5,12,14-15H,6-8H2,1-2H3. The van der Waals surface area contributed by atoms with Crippen LogP contribution in [0.4, 0.5) is 11.4 Å². The number of nitrogens with one attached hydrogen (secondary N) is 2. The molecule has 0 radical (unpaired) electrons. The highest BCUT2D eigenvalue weighted by molar-refractivity contribution is 5.72. The Labute approximate surface area is 101 Å². The third kappa shape index (κ3) is 1.72. The zero-order chi connectivity index (χ0) is 11.9. The lowest BCUT2D eigenvalue weighted by molar-refractivity contribution is 0.164. The van der Waals surface area contributed by atoms with Gasteiger partial charge >= 0.3 is 0 Å². The fraction of sp³-hybridized carbons (Fsp3) is 0.538. The van der Waals surface area contributed by atoms with E-state index in [1.54, 1.807) is 7.11 Å². The van der Waals surface area contributed by atoms with Gasteiger partial charge in [0.25, 0.3) is 0 Å². The number of hydrogen-bond acceptors (Lipinski definition) is 4. The van der Waals surface area contributed by atoms with Gasteiger partial charge in [-0.05, 0) is 12.1 Å². The van der Waals surface area contributed by atoms with Gasteiger partial charge in [0.05, 0.1) is 37.7 Å². The summed E-state index contributed by atoms with van der Waals surface area (Å²) in [6.45, 7) is 4.77. The molecule has 2 atom stereocenters. The molecule has 0 aromatic heterocycles. The lowest BCUT2D eigenvalue weighted by Crippen LogP contribution is -2.40. The summed E-state index contributed by atoms with van der Waals surface area (Å²) in [5, 5.41) is 7.06. The zero-order valence-corrected chi connectivity index (χ0v) is 10.2. The smallest absolute Gasteiger partial charge is 0.121 e. The molecule has 92 valence electrons. The molecule has 0 bridgehead atoms. The van der Waals surface area contributed by atoms with E-state index in [1.807, 2.05) is 12.1 Å². The molecular formula is C13H18N2O2. The highest BCUT2D eigenvalue weighted by Gasteiger charge is 2.41. The number of rotatable bonds is 1. The van der Waals surface area contributed by atoms with Gasteiger partial charge in [-0.3, -0.25) is 0 Å². The maximum atomic E-state index is 5.58. The van der Waals surface area contributed by atoms with E-state index >= 15 is 0 Å². The maximum Gasteiger partial charge on any atom is 0.121 e. The van der Waals surface area contributed by atoms with E-state index in [-0.39, 0.29) is 5.41 Å². The van der Waals surface area contributed by atoms with Crippen LogP contribution >= 0.6 is 0 Å². The minimum atomic E-state index is 0.159. The molecule has 2 N–H and O–H groups in total. The molecule has 0 saturated carbocycles. The molecule has 0 aliphatic carbocycles. The number of methoxy groups -OCH3 is 1. The highest BCUT2D eigenvalue weighted by atomic mass is 16.5. The molecule has 1 aromatic rings. The van der Waals surface area contributed by atoms with Crippen molar-refractivity contribution >= 4 is 11.4 Å². The fourth-order valence-corrected chi connectivity index (χ4v) is 2.51. The summed E-state index contributed by atoms with van der Waals surface area (Å²) < 4.78 is 10.8. The first-order valence-corrected chi connectivity index (χ1v) is 5.97. The number of ether oxygens (including phenoxy) is 2. The molecule has 0 spiro atoms. The summed E-state index contributed by atoms with van der Waals surface area (Å²) >= 11 is 0. The second-order valence-corrected chi connectivity index (χ2v) is 5.13. The molecule has 17 heavy (non-hydrogen) atoms. The van der Waals surface area contributed by atoms with Gasteiger partial charge in [0.1, 0.15) is 5.75 Å². The largest absolute Gasteiger partial charge is 0.497 e. The number of anilines is 2. The van der Waals surface area contributed by atoms with Crippen molar-refractivity contribution in [2.24, 2.45) is 5.41 Å². The normalized spacial score (nSPS) is 30.6. The Kier molecular flexibility index (Phi) is 2.40. The van der Waals surface area contributed by atoms with Gasteiger partial charge in [-0.15, -0.1) is 0 Å². The summed E-state index contributed by atoms with van der Waals surface area (Å²) in [5.41, 5.74) is 2.40. The van der Waals surface area contributed by atoms with Gasteiger partial charge in [0.2, 0.25) is 0 Å². The summed E-state index contributed by atoms with van der Waals surface area (Å²) in [5.74, 6) is 0.881. The van der Waals surface area contributed by atoms with Crippen molar-refractivity contribution in [3.05, 3.63) is 18.2 Å². The van der Waals surface area contributed by atoms with Gasteiger partial charge in [0, 0.05) is 18.0 Å². The number of benzene rings is 1. The average Bonchev–Trinajstić information content (AvgIpc) is 2.64. The SMILES string of the molecule is COc1ccc2c(c1)NCC1(C)COCC1N2. The predicted molar refractivity (Wildman–Crippen MR) is 67.8 cm³/mol. The summed E-state index contributed by atoms with van der Waals surface area (Å²) in [7, 11) is 1.69. The van der Waals surface area contributed by atoms with Crippen molar-refractivity contribution in [1.29, 1.82) is 0 Å². The van der Waals surface area contributed by atoms with E-state index in [0.717, 1.165) is 36.9 Å². The maximum absolute atomic E-state index is 5.58. The topological polar surface area (TPSA) is 42.5 Å². The highest BCUT2D eigenvalue weighted by Crippen LogP contribution is 2.38. The van der Waals surface area contributed by atoms with Crippen molar-refractivity contribution in [2.75, 3.05) is 37.5 Å². The third-order valence-electron chi connectivity index (χ3n) is 3.80. The van der Waals surface area contributed by atoms with Crippen LogP contribution in [0.3, 0.4) is 0 Å². The van der Waals surface area contributed by atoms with Crippen LogP contribution in [0.5, 0.6) is 5.75 Å². The minimum absolute atomic E-state index is 0.159. The molecule has 2 heterocycles. The lowest BCUT2D eigenvalue weighted by Gasteiger charge is -2.27. The number of hydrogen-bond donors (Lipinski definition) is 2. The quantitative estimate of drug-likeness (QED) is 0.779. The Morgan fingerprint density at radius 1 is 1.41 bits per heavy atom. The molecular weight excluding hydrogens is 216 g/mol. The van der Waals surface area contributed by atoms with E-state index < -0.39 is 0 Å². The lowest BCUT2D eigenvalue weighted by atomic mass is 9.85. The molecule has 2 aliphatic rings. The first-order valence-electron chi connectivity index (χ1n) is 5.97. The molecule has 2 unspecified atom stereocenters. The van der Waals surface area contributed by atoms with Crippen molar-refractivity contribution in [1.82, 2.24) is 0 Å². The minimum Gasteiger partial charge on any atom is -0.497 e. The monoisotopic (exact) mass is 234 g/mol. The van der Waals surface area contributed by atoms with Crippen LogP contribution in [0.2, 0.25) is 0 Å². The van der Waals surface area contributed by atoms with Gasteiger partial charge in [-0.2, -0.15) is 0 Å². The van der Waals surface area contributed by atoms with Gasteiger partial charge in [-0.1, -0.05) is 6.92 Å². The van der Waals surface area contributed by atoms with Crippen LogP contribution in [-0.2, 0) is 4.74 Å². The van der Waals surface area contributed by atoms with Crippen molar-refractivity contribution in [3.8, 4) is 5.75 Å². The van der Waals surface area contributed by atoms with Crippen molar-refractivity contribution < 1.29 is 9.47 Å². The Balaban J connectivity index is 1.94. The molecule has 1 fully saturated rings. The first kappa shape index (κ1) is 10.7. The van der Waals surface area contributed by atoms with E-state index in [4.69, 9.17) is 9.47 Å². The van der Waals surface area contributed by atoms with Crippen LogP contribution in [0.1, 0.15) is 6.92 Å². The second kappa shape index (κ2) is 3.81. The summed E-state index contributed by atoms with van der Waals surface area (Å²) in [6, 6.07) is 6.45. The average molecular weight is 234 g/mol. The fourth-order valence-electron chi connectivity index (χ4n) is 2.51. The van der Waals surface area contributed by atoms with Crippen LogP contribution in [0, 0.1) is 5.41 Å². The molecule has 1 aromatic carbocycles. The molecule has 3 rings (SSSR count). The molecule has 1 saturated heterocycles. The van der Waals surface area contributed by atoms with Gasteiger partial charge in [-0.25, -0.2) is 0 Å². The van der Waals surface area contributed by atoms with Crippen LogP contribution < -0.4 is 15.4 Å². The molecule has 2 aliphatic heterocycles. The Morgan fingerprint density at radius 2 is 2.29 bits per heavy atom. The Hall–Kier alpha value is -1.42. The van der Waals surface area contributed by atoms with E-state index in [2.05, 4.69) is 23.6 Å². The van der Waals surface area contributed by atoms with Crippen LogP contribution in [-0.4, -0.2) is 32.9 Å². The summed E-state index contributed by atoms with van der Waals surface area (Å²) in [4.78, 5) is 0.